The Kier molecular flexibility index (Phi) is 3.91. The molecule has 1 aliphatic rings. The Bertz CT molecular complexity index is 702. The highest BCUT2D eigenvalue weighted by Crippen LogP contribution is 2.26. The van der Waals surface area contributed by atoms with Gasteiger partial charge in [0.15, 0.2) is 5.82 Å². The summed E-state index contributed by atoms with van der Waals surface area (Å²) in [4.78, 5) is 20.0. The Morgan fingerprint density at radius 1 is 1.36 bits per heavy atom. The molecule has 3 N–H and O–H groups in total. The number of nitrogens with zero attached hydrogens (tertiary/aromatic N) is 2. The quantitative estimate of drug-likeness (QED) is 0.802. The van der Waals surface area contributed by atoms with E-state index >= 15 is 0 Å². The summed E-state index contributed by atoms with van der Waals surface area (Å²) in [6.07, 6.45) is 1.42. The zero-order chi connectivity index (χ0) is 15.5. The molecule has 1 atom stereocenters. The highest BCUT2D eigenvalue weighted by molar-refractivity contribution is 5.78. The summed E-state index contributed by atoms with van der Waals surface area (Å²) >= 11 is 0. The lowest BCUT2D eigenvalue weighted by molar-refractivity contribution is -0.119. The monoisotopic (exact) mass is 298 g/mol. The summed E-state index contributed by atoms with van der Waals surface area (Å²) < 4.78 is 0. The zero-order valence-electron chi connectivity index (χ0n) is 12.3. The molecule has 1 amide bonds. The first-order valence-electron chi connectivity index (χ1n) is 7.29. The minimum atomic E-state index is 0.0977. The molecule has 3 rings (SSSR count). The number of carbonyl (C=O) groups is 1. The minimum Gasteiger partial charge on any atom is -0.507 e. The van der Waals surface area contributed by atoms with Crippen molar-refractivity contribution < 1.29 is 9.90 Å². The van der Waals surface area contributed by atoms with Crippen LogP contribution in [0, 0.1) is 6.92 Å². The summed E-state index contributed by atoms with van der Waals surface area (Å²) in [7, 11) is 0. The molecule has 0 saturated carbocycles. The van der Waals surface area contributed by atoms with Crippen LogP contribution in [0.15, 0.2) is 30.3 Å². The van der Waals surface area contributed by atoms with E-state index in [1.165, 1.54) is 0 Å². The van der Waals surface area contributed by atoms with E-state index in [2.05, 4.69) is 20.6 Å². The number of nitrogens with one attached hydrogen (secondary N) is 2. The van der Waals surface area contributed by atoms with Gasteiger partial charge < -0.3 is 15.7 Å². The molecule has 2 heterocycles. The maximum absolute atomic E-state index is 11.2. The van der Waals surface area contributed by atoms with Gasteiger partial charge in [-0.2, -0.15) is 0 Å². The number of amides is 1. The maximum atomic E-state index is 11.2. The molecule has 114 valence electrons. The number of hydrogen-bond donors (Lipinski definition) is 3. The maximum Gasteiger partial charge on any atom is 0.220 e. The van der Waals surface area contributed by atoms with Gasteiger partial charge in [-0.1, -0.05) is 12.1 Å². The lowest BCUT2D eigenvalue weighted by Crippen LogP contribution is -2.32. The highest BCUT2D eigenvalue weighted by atomic mass is 16.3. The standard InChI is InChI=1S/C16H18N4O2/c1-10-8-14(17-9-11-6-7-15(22)19-11)20-16(18-10)12-4-2-3-5-13(12)21/h2-5,8,11,21H,6-7,9H2,1H3,(H,19,22)(H,17,18,20)/t11-/m0/s1. The minimum absolute atomic E-state index is 0.0977. The Balaban J connectivity index is 1.78. The topological polar surface area (TPSA) is 87.1 Å². The fraction of sp³-hybridized carbons (Fsp3) is 0.312. The van der Waals surface area contributed by atoms with Gasteiger partial charge in [-0.15, -0.1) is 0 Å². The second-order valence-corrected chi connectivity index (χ2v) is 5.42. The molecule has 2 aromatic rings. The first-order valence-corrected chi connectivity index (χ1v) is 7.29. The molecule has 1 aromatic carbocycles. The van der Waals surface area contributed by atoms with Crippen molar-refractivity contribution in [2.75, 3.05) is 11.9 Å². The summed E-state index contributed by atoms with van der Waals surface area (Å²) in [5.41, 5.74) is 1.41. The van der Waals surface area contributed by atoms with E-state index < -0.39 is 0 Å². The largest absolute Gasteiger partial charge is 0.507 e. The average molecular weight is 298 g/mol. The number of aromatic hydroxyl groups is 1. The molecule has 0 radical (unpaired) electrons. The average Bonchev–Trinajstić information content (AvgIpc) is 2.91. The molecular formula is C16H18N4O2. The fourth-order valence-electron chi connectivity index (χ4n) is 2.50. The van der Waals surface area contributed by atoms with E-state index in [0.29, 0.717) is 30.2 Å². The number of aromatic nitrogens is 2. The Morgan fingerprint density at radius 2 is 2.18 bits per heavy atom. The van der Waals surface area contributed by atoms with Crippen LogP contribution in [0.2, 0.25) is 0 Å². The van der Waals surface area contributed by atoms with Crippen LogP contribution in [-0.4, -0.2) is 33.6 Å². The lowest BCUT2D eigenvalue weighted by Gasteiger charge is -2.13. The number of aryl methyl sites for hydroxylation is 1. The molecule has 1 aromatic heterocycles. The smallest absolute Gasteiger partial charge is 0.220 e. The van der Waals surface area contributed by atoms with Crippen LogP contribution in [0.4, 0.5) is 5.82 Å². The molecule has 0 aliphatic carbocycles. The highest BCUT2D eigenvalue weighted by Gasteiger charge is 2.20. The van der Waals surface area contributed by atoms with E-state index in [-0.39, 0.29) is 17.7 Å². The molecular weight excluding hydrogens is 280 g/mol. The van der Waals surface area contributed by atoms with Crippen LogP contribution in [-0.2, 0) is 4.79 Å². The third-order valence-corrected chi connectivity index (χ3v) is 3.61. The van der Waals surface area contributed by atoms with Crippen LogP contribution in [0.25, 0.3) is 11.4 Å². The van der Waals surface area contributed by atoms with Gasteiger partial charge in [0, 0.05) is 30.8 Å². The van der Waals surface area contributed by atoms with E-state index in [4.69, 9.17) is 0 Å². The van der Waals surface area contributed by atoms with E-state index in [9.17, 15) is 9.90 Å². The second kappa shape index (κ2) is 6.01. The number of carbonyl (C=O) groups excluding carboxylic acids is 1. The summed E-state index contributed by atoms with van der Waals surface area (Å²) in [5, 5.41) is 16.1. The number of hydrogen-bond acceptors (Lipinski definition) is 5. The number of anilines is 1. The van der Waals surface area contributed by atoms with Crippen molar-refractivity contribution in [1.29, 1.82) is 0 Å². The van der Waals surface area contributed by atoms with Gasteiger partial charge in [0.2, 0.25) is 5.91 Å². The number of para-hydroxylation sites is 1. The third-order valence-electron chi connectivity index (χ3n) is 3.61. The van der Waals surface area contributed by atoms with Gasteiger partial charge in [0.1, 0.15) is 11.6 Å². The molecule has 22 heavy (non-hydrogen) atoms. The molecule has 1 fully saturated rings. The SMILES string of the molecule is Cc1cc(NC[C@@H]2CCC(=O)N2)nc(-c2ccccc2O)n1. The first kappa shape index (κ1) is 14.3. The van der Waals surface area contributed by atoms with Crippen molar-refractivity contribution in [3.8, 4) is 17.1 Å². The molecule has 0 spiro atoms. The predicted octanol–water partition coefficient (Wildman–Crippen LogP) is 1.85. The van der Waals surface area contributed by atoms with Crippen molar-refractivity contribution in [3.05, 3.63) is 36.0 Å². The van der Waals surface area contributed by atoms with Crippen LogP contribution >= 0.6 is 0 Å². The predicted molar refractivity (Wildman–Crippen MR) is 83.5 cm³/mol. The summed E-state index contributed by atoms with van der Waals surface area (Å²) in [5.74, 6) is 1.42. The number of phenols is 1. The molecule has 6 nitrogen and oxygen atoms in total. The Morgan fingerprint density at radius 3 is 2.91 bits per heavy atom. The van der Waals surface area contributed by atoms with Crippen LogP contribution in [0.1, 0.15) is 18.5 Å². The molecule has 0 bridgehead atoms. The van der Waals surface area contributed by atoms with Gasteiger partial charge in [-0.05, 0) is 25.5 Å². The summed E-state index contributed by atoms with van der Waals surface area (Å²) in [6, 6.07) is 8.97. The van der Waals surface area contributed by atoms with Crippen molar-refractivity contribution in [2.45, 2.75) is 25.8 Å². The van der Waals surface area contributed by atoms with Crippen molar-refractivity contribution in [3.63, 3.8) is 0 Å². The Hall–Kier alpha value is -2.63. The molecule has 1 saturated heterocycles. The van der Waals surface area contributed by atoms with Gasteiger partial charge in [-0.25, -0.2) is 9.97 Å². The van der Waals surface area contributed by atoms with Gasteiger partial charge in [-0.3, -0.25) is 4.79 Å². The summed E-state index contributed by atoms with van der Waals surface area (Å²) in [6.45, 7) is 2.51. The van der Waals surface area contributed by atoms with Crippen LogP contribution in [0.3, 0.4) is 0 Å². The second-order valence-electron chi connectivity index (χ2n) is 5.42. The molecule has 6 heteroatoms. The third kappa shape index (κ3) is 3.16. The van der Waals surface area contributed by atoms with Crippen molar-refractivity contribution in [1.82, 2.24) is 15.3 Å². The van der Waals surface area contributed by atoms with Gasteiger partial charge in [0.25, 0.3) is 0 Å². The van der Waals surface area contributed by atoms with E-state index in [1.807, 2.05) is 19.1 Å². The molecule has 1 aliphatic heterocycles. The number of phenolic OH excluding ortho intramolecular Hbond substituents is 1. The molecule has 0 unspecified atom stereocenters. The van der Waals surface area contributed by atoms with E-state index in [1.54, 1.807) is 18.2 Å². The van der Waals surface area contributed by atoms with Gasteiger partial charge in [0.05, 0.1) is 5.56 Å². The number of rotatable bonds is 4. The normalized spacial score (nSPS) is 17.3. The number of benzene rings is 1. The first-order chi connectivity index (χ1) is 10.6. The Labute approximate surface area is 128 Å². The zero-order valence-corrected chi connectivity index (χ0v) is 12.3. The van der Waals surface area contributed by atoms with Crippen LogP contribution in [0.5, 0.6) is 5.75 Å². The van der Waals surface area contributed by atoms with E-state index in [0.717, 1.165) is 12.1 Å². The van der Waals surface area contributed by atoms with Crippen LogP contribution < -0.4 is 10.6 Å². The van der Waals surface area contributed by atoms with Gasteiger partial charge >= 0.3 is 0 Å². The fourth-order valence-corrected chi connectivity index (χ4v) is 2.50. The van der Waals surface area contributed by atoms with Crippen molar-refractivity contribution >= 4 is 11.7 Å². The lowest BCUT2D eigenvalue weighted by atomic mass is 10.2. The van der Waals surface area contributed by atoms with Crippen molar-refractivity contribution in [2.24, 2.45) is 0 Å².